The lowest BCUT2D eigenvalue weighted by Gasteiger charge is -2.18. The Bertz CT molecular complexity index is 1110. The molecular formula is C22H13Cl2FN2O. The van der Waals surface area contributed by atoms with Crippen LogP contribution in [0.25, 0.3) is 6.08 Å². The van der Waals surface area contributed by atoms with Gasteiger partial charge in [0.15, 0.2) is 0 Å². The fourth-order valence-electron chi connectivity index (χ4n) is 2.88. The molecule has 0 saturated carbocycles. The molecule has 3 aromatic carbocycles. The van der Waals surface area contributed by atoms with Crippen molar-refractivity contribution in [2.75, 3.05) is 4.90 Å². The fourth-order valence-corrected chi connectivity index (χ4v) is 3.13. The number of rotatable bonds is 3. The summed E-state index contributed by atoms with van der Waals surface area (Å²) in [6.07, 6.45) is 1.45. The summed E-state index contributed by atoms with van der Waals surface area (Å²) in [6.45, 7) is 0. The Morgan fingerprint density at radius 3 is 2.11 bits per heavy atom. The smallest absolute Gasteiger partial charge is 0.266 e. The second kappa shape index (κ2) is 7.58. The first-order valence-corrected chi connectivity index (χ1v) is 9.19. The van der Waals surface area contributed by atoms with Crippen molar-refractivity contribution in [1.82, 2.24) is 0 Å². The van der Waals surface area contributed by atoms with Crippen molar-refractivity contribution in [3.63, 3.8) is 0 Å². The topological polar surface area (TPSA) is 32.7 Å². The standard InChI is InChI=1S/C22H13Cl2FN2O/c23-16-7-5-14(6-8-16)21-26-20(13-15-3-1-2-4-19(15)25)22(28)27(21)18-11-9-17(24)10-12-18/h1-13H/b20-13+. The first-order valence-electron chi connectivity index (χ1n) is 8.44. The number of hydrogen-bond donors (Lipinski definition) is 0. The number of hydrogen-bond acceptors (Lipinski definition) is 2. The van der Waals surface area contributed by atoms with E-state index in [1.54, 1.807) is 66.7 Å². The molecule has 28 heavy (non-hydrogen) atoms. The Labute approximate surface area is 171 Å². The molecule has 0 aliphatic carbocycles. The van der Waals surface area contributed by atoms with Crippen molar-refractivity contribution in [3.05, 3.63) is 105 Å². The number of amidine groups is 1. The van der Waals surface area contributed by atoms with Gasteiger partial charge >= 0.3 is 0 Å². The van der Waals surface area contributed by atoms with E-state index in [2.05, 4.69) is 4.99 Å². The SMILES string of the molecule is O=C1/C(=C\c2ccccc2F)N=C(c2ccc(Cl)cc2)N1c1ccc(Cl)cc1. The molecule has 3 nitrogen and oxygen atoms in total. The van der Waals surface area contributed by atoms with E-state index in [0.29, 0.717) is 32.7 Å². The van der Waals surface area contributed by atoms with E-state index in [4.69, 9.17) is 23.2 Å². The number of carbonyl (C=O) groups excluding carboxylic acids is 1. The minimum Gasteiger partial charge on any atom is -0.266 e. The molecule has 3 aromatic rings. The predicted octanol–water partition coefficient (Wildman–Crippen LogP) is 5.97. The van der Waals surface area contributed by atoms with Crippen LogP contribution in [0, 0.1) is 5.82 Å². The van der Waals surface area contributed by atoms with E-state index in [0.717, 1.165) is 0 Å². The van der Waals surface area contributed by atoms with Crippen molar-refractivity contribution >= 4 is 46.7 Å². The molecule has 6 heteroatoms. The zero-order valence-corrected chi connectivity index (χ0v) is 16.0. The van der Waals surface area contributed by atoms with Gasteiger partial charge in [-0.15, -0.1) is 0 Å². The molecule has 0 spiro atoms. The largest absolute Gasteiger partial charge is 0.282 e. The number of amides is 1. The molecule has 1 aliphatic heterocycles. The monoisotopic (exact) mass is 410 g/mol. The molecule has 4 rings (SSSR count). The van der Waals surface area contributed by atoms with Crippen LogP contribution in [0.1, 0.15) is 11.1 Å². The lowest BCUT2D eigenvalue weighted by Crippen LogP contribution is -2.32. The van der Waals surface area contributed by atoms with Gasteiger partial charge in [0, 0.05) is 21.2 Å². The summed E-state index contributed by atoms with van der Waals surface area (Å²) in [5.74, 6) is -0.335. The van der Waals surface area contributed by atoms with Gasteiger partial charge in [-0.3, -0.25) is 9.69 Å². The van der Waals surface area contributed by atoms with Crippen molar-refractivity contribution in [3.8, 4) is 0 Å². The van der Waals surface area contributed by atoms with Gasteiger partial charge in [-0.05, 0) is 60.7 Å². The Morgan fingerprint density at radius 2 is 1.46 bits per heavy atom. The molecule has 0 N–H and O–H groups in total. The van der Waals surface area contributed by atoms with Crippen molar-refractivity contribution in [1.29, 1.82) is 0 Å². The number of benzene rings is 3. The zero-order valence-electron chi connectivity index (χ0n) is 14.4. The zero-order chi connectivity index (χ0) is 19.7. The van der Waals surface area contributed by atoms with E-state index in [1.807, 2.05) is 0 Å². The fraction of sp³-hybridized carbons (Fsp3) is 0. The molecule has 138 valence electrons. The van der Waals surface area contributed by atoms with Crippen LogP contribution >= 0.6 is 23.2 Å². The molecule has 1 aliphatic rings. The molecule has 0 fully saturated rings. The molecule has 1 heterocycles. The summed E-state index contributed by atoms with van der Waals surface area (Å²) in [6, 6.07) is 20.1. The normalized spacial score (nSPS) is 15.2. The number of aliphatic imine (C=N–C) groups is 1. The maximum atomic E-state index is 14.1. The van der Waals surface area contributed by atoms with E-state index in [-0.39, 0.29) is 11.6 Å². The van der Waals surface area contributed by atoms with Gasteiger partial charge in [-0.25, -0.2) is 9.38 Å². The van der Waals surface area contributed by atoms with Crippen LogP contribution in [0.15, 0.2) is 83.5 Å². The Hall–Kier alpha value is -2.95. The molecule has 0 radical (unpaired) electrons. The number of nitrogens with zero attached hydrogens (tertiary/aromatic N) is 2. The molecular weight excluding hydrogens is 398 g/mol. The van der Waals surface area contributed by atoms with E-state index in [1.165, 1.54) is 17.0 Å². The lowest BCUT2D eigenvalue weighted by atomic mass is 10.1. The minimum atomic E-state index is -0.420. The van der Waals surface area contributed by atoms with Crippen LogP contribution in [-0.2, 0) is 4.79 Å². The molecule has 0 aromatic heterocycles. The summed E-state index contributed by atoms with van der Waals surface area (Å²) in [5, 5.41) is 1.14. The second-order valence-electron chi connectivity index (χ2n) is 6.11. The van der Waals surface area contributed by atoms with Gasteiger partial charge in [-0.1, -0.05) is 41.4 Å². The minimum absolute atomic E-state index is 0.144. The van der Waals surface area contributed by atoms with Gasteiger partial charge in [0.05, 0.1) is 5.69 Å². The van der Waals surface area contributed by atoms with E-state index < -0.39 is 5.82 Å². The Balaban J connectivity index is 1.84. The lowest BCUT2D eigenvalue weighted by molar-refractivity contribution is -0.113. The van der Waals surface area contributed by atoms with Gasteiger partial charge in [0.2, 0.25) is 0 Å². The van der Waals surface area contributed by atoms with Crippen LogP contribution in [0.3, 0.4) is 0 Å². The summed E-state index contributed by atoms with van der Waals surface area (Å²) >= 11 is 12.0. The number of anilines is 1. The molecule has 0 unspecified atom stereocenters. The van der Waals surface area contributed by atoms with Crippen LogP contribution in [0.5, 0.6) is 0 Å². The highest BCUT2D eigenvalue weighted by Gasteiger charge is 2.32. The maximum Gasteiger partial charge on any atom is 0.282 e. The Kier molecular flexibility index (Phi) is 4.99. The van der Waals surface area contributed by atoms with Crippen LogP contribution in [-0.4, -0.2) is 11.7 Å². The van der Waals surface area contributed by atoms with E-state index >= 15 is 0 Å². The van der Waals surface area contributed by atoms with Gasteiger partial charge in [0.1, 0.15) is 17.3 Å². The summed E-state index contributed by atoms with van der Waals surface area (Å²) in [7, 11) is 0. The third-order valence-corrected chi connectivity index (χ3v) is 4.75. The van der Waals surface area contributed by atoms with Gasteiger partial charge < -0.3 is 0 Å². The number of halogens is 3. The van der Waals surface area contributed by atoms with Crippen molar-refractivity contribution in [2.45, 2.75) is 0 Å². The van der Waals surface area contributed by atoms with E-state index in [9.17, 15) is 9.18 Å². The van der Waals surface area contributed by atoms with Crippen LogP contribution in [0.4, 0.5) is 10.1 Å². The number of carbonyl (C=O) groups is 1. The second-order valence-corrected chi connectivity index (χ2v) is 6.98. The average Bonchev–Trinajstić information content (AvgIpc) is 3.01. The average molecular weight is 411 g/mol. The van der Waals surface area contributed by atoms with Crippen molar-refractivity contribution < 1.29 is 9.18 Å². The summed E-state index contributed by atoms with van der Waals surface area (Å²) in [5.41, 5.74) is 1.76. The van der Waals surface area contributed by atoms with Gasteiger partial charge in [-0.2, -0.15) is 0 Å². The highest BCUT2D eigenvalue weighted by molar-refractivity contribution is 6.34. The van der Waals surface area contributed by atoms with Gasteiger partial charge in [0.25, 0.3) is 5.91 Å². The highest BCUT2D eigenvalue weighted by Crippen LogP contribution is 2.29. The Morgan fingerprint density at radius 1 is 0.857 bits per heavy atom. The first-order chi connectivity index (χ1) is 13.5. The first kappa shape index (κ1) is 18.4. The maximum absolute atomic E-state index is 14.1. The molecule has 0 bridgehead atoms. The molecule has 0 atom stereocenters. The molecule has 0 saturated heterocycles. The summed E-state index contributed by atoms with van der Waals surface area (Å²) < 4.78 is 14.1. The third-order valence-electron chi connectivity index (χ3n) is 4.25. The van der Waals surface area contributed by atoms with Crippen molar-refractivity contribution in [2.24, 2.45) is 4.99 Å². The highest BCUT2D eigenvalue weighted by atomic mass is 35.5. The quantitative estimate of drug-likeness (QED) is 0.489. The van der Waals surface area contributed by atoms with Crippen LogP contribution in [0.2, 0.25) is 10.0 Å². The van der Waals surface area contributed by atoms with Crippen LogP contribution < -0.4 is 4.90 Å². The summed E-state index contributed by atoms with van der Waals surface area (Å²) in [4.78, 5) is 19.1. The predicted molar refractivity (Wildman–Crippen MR) is 111 cm³/mol. The molecule has 1 amide bonds. The third kappa shape index (κ3) is 3.57.